The number of rotatable bonds is 3. The van der Waals surface area contributed by atoms with E-state index in [2.05, 4.69) is 23.1 Å². The Bertz CT molecular complexity index is 635. The Balaban J connectivity index is 1.81. The lowest BCUT2D eigenvalue weighted by Gasteiger charge is -2.07. The summed E-state index contributed by atoms with van der Waals surface area (Å²) in [5.74, 6) is 0.361. The molecule has 106 valence electrons. The molecule has 1 atom stereocenters. The predicted octanol–water partition coefficient (Wildman–Crippen LogP) is 1.62. The van der Waals surface area contributed by atoms with Crippen LogP contribution in [0.1, 0.15) is 22.5 Å². The molecule has 0 amide bonds. The zero-order valence-electron chi connectivity index (χ0n) is 11.9. The third kappa shape index (κ3) is 2.54. The highest BCUT2D eigenvalue weighted by Crippen LogP contribution is 2.19. The Labute approximate surface area is 118 Å². The van der Waals surface area contributed by atoms with Crippen molar-refractivity contribution < 1.29 is 9.53 Å². The van der Waals surface area contributed by atoms with Gasteiger partial charge < -0.3 is 14.0 Å². The van der Waals surface area contributed by atoms with Gasteiger partial charge in [0.05, 0.1) is 18.4 Å². The average Bonchev–Trinajstić information content (AvgIpc) is 3.02. The van der Waals surface area contributed by atoms with Crippen molar-refractivity contribution in [2.45, 2.75) is 12.8 Å². The van der Waals surface area contributed by atoms with E-state index in [0.717, 1.165) is 24.3 Å². The maximum atomic E-state index is 11.5. The van der Waals surface area contributed by atoms with Crippen molar-refractivity contribution in [1.82, 2.24) is 14.3 Å². The van der Waals surface area contributed by atoms with Crippen LogP contribution in [0, 0.1) is 5.92 Å². The topological polar surface area (TPSA) is 46.8 Å². The molecule has 0 bridgehead atoms. The summed E-state index contributed by atoms with van der Waals surface area (Å²) in [6, 6.07) is 3.53. The minimum atomic E-state index is -0.325. The molecule has 0 radical (unpaired) electrons. The quantitative estimate of drug-likeness (QED) is 0.797. The average molecular weight is 273 g/mol. The smallest absolute Gasteiger partial charge is 0.338 e. The van der Waals surface area contributed by atoms with Crippen molar-refractivity contribution in [1.29, 1.82) is 0 Å². The van der Waals surface area contributed by atoms with Crippen LogP contribution in [-0.2, 0) is 11.2 Å². The Morgan fingerprint density at radius 2 is 2.40 bits per heavy atom. The monoisotopic (exact) mass is 273 g/mol. The molecule has 5 heteroatoms. The second kappa shape index (κ2) is 5.25. The fourth-order valence-corrected chi connectivity index (χ4v) is 2.87. The number of nitrogens with zero attached hydrogens (tertiary/aromatic N) is 3. The maximum Gasteiger partial charge on any atom is 0.338 e. The number of methoxy groups -OCH3 is 1. The lowest BCUT2D eigenvalue weighted by atomic mass is 10.0. The van der Waals surface area contributed by atoms with Crippen molar-refractivity contribution >= 4 is 11.6 Å². The molecule has 20 heavy (non-hydrogen) atoms. The lowest BCUT2D eigenvalue weighted by molar-refractivity contribution is 0.0600. The molecule has 0 saturated carbocycles. The van der Waals surface area contributed by atoms with Gasteiger partial charge in [0, 0.05) is 18.9 Å². The molecular weight excluding hydrogens is 254 g/mol. The van der Waals surface area contributed by atoms with Crippen LogP contribution in [0.15, 0.2) is 24.5 Å². The molecular formula is C15H19N3O2. The number of pyridine rings is 1. The Hall–Kier alpha value is -1.88. The van der Waals surface area contributed by atoms with Crippen LogP contribution in [0.4, 0.5) is 0 Å². The lowest BCUT2D eigenvalue weighted by Crippen LogP contribution is -2.15. The maximum absolute atomic E-state index is 11.5. The third-order valence-corrected chi connectivity index (χ3v) is 3.92. The van der Waals surface area contributed by atoms with Gasteiger partial charge in [-0.3, -0.25) is 0 Å². The standard InChI is InChI=1S/C15H19N3O2/c1-17-5-3-11(9-17)7-13-10-18-6-4-12(15(19)20-2)8-14(18)16-13/h4,6,8,10-11H,3,5,7,9H2,1-2H3. The van der Waals surface area contributed by atoms with Crippen molar-refractivity contribution in [2.75, 3.05) is 27.2 Å². The Morgan fingerprint density at radius 1 is 1.55 bits per heavy atom. The zero-order valence-corrected chi connectivity index (χ0v) is 11.9. The van der Waals surface area contributed by atoms with Gasteiger partial charge in [0.2, 0.25) is 0 Å². The van der Waals surface area contributed by atoms with Gasteiger partial charge in [0.1, 0.15) is 5.65 Å². The first-order valence-corrected chi connectivity index (χ1v) is 6.90. The number of hydrogen-bond donors (Lipinski definition) is 0. The molecule has 2 aromatic heterocycles. The number of hydrogen-bond acceptors (Lipinski definition) is 4. The summed E-state index contributed by atoms with van der Waals surface area (Å²) in [6.07, 6.45) is 6.14. The minimum Gasteiger partial charge on any atom is -0.465 e. The van der Waals surface area contributed by atoms with E-state index in [1.165, 1.54) is 20.1 Å². The third-order valence-electron chi connectivity index (χ3n) is 3.92. The number of esters is 1. The predicted molar refractivity (Wildman–Crippen MR) is 75.8 cm³/mol. The number of imidazole rings is 1. The number of carbonyl (C=O) groups is 1. The molecule has 3 heterocycles. The SMILES string of the molecule is COC(=O)c1ccn2cc(CC3CCN(C)C3)nc2c1. The largest absolute Gasteiger partial charge is 0.465 e. The first kappa shape index (κ1) is 13.1. The molecule has 1 saturated heterocycles. The molecule has 0 N–H and O–H groups in total. The van der Waals surface area contributed by atoms with Crippen LogP contribution in [0.5, 0.6) is 0 Å². The van der Waals surface area contributed by atoms with Crippen molar-refractivity contribution in [2.24, 2.45) is 5.92 Å². The Morgan fingerprint density at radius 3 is 3.10 bits per heavy atom. The van der Waals surface area contributed by atoms with Crippen molar-refractivity contribution in [3.63, 3.8) is 0 Å². The van der Waals surface area contributed by atoms with Crippen molar-refractivity contribution in [3.05, 3.63) is 35.8 Å². The molecule has 1 aliphatic rings. The van der Waals surface area contributed by atoms with Gasteiger partial charge >= 0.3 is 5.97 Å². The van der Waals surface area contributed by atoms with Crippen LogP contribution in [0.3, 0.4) is 0 Å². The molecule has 3 rings (SSSR count). The van der Waals surface area contributed by atoms with Gasteiger partial charge in [-0.05, 0) is 44.5 Å². The van der Waals surface area contributed by atoms with Crippen LogP contribution >= 0.6 is 0 Å². The molecule has 1 aliphatic heterocycles. The summed E-state index contributed by atoms with van der Waals surface area (Å²) in [5, 5.41) is 0. The molecule has 0 aromatic carbocycles. The molecule has 1 unspecified atom stereocenters. The van der Waals surface area contributed by atoms with E-state index in [0.29, 0.717) is 11.5 Å². The molecule has 1 fully saturated rings. The summed E-state index contributed by atoms with van der Waals surface area (Å²) in [6.45, 7) is 2.31. The zero-order chi connectivity index (χ0) is 14.1. The van der Waals surface area contributed by atoms with Crippen LogP contribution in [-0.4, -0.2) is 47.5 Å². The van der Waals surface area contributed by atoms with E-state index in [4.69, 9.17) is 4.74 Å². The van der Waals surface area contributed by atoms with Gasteiger partial charge in [0.25, 0.3) is 0 Å². The number of carbonyl (C=O) groups excluding carboxylic acids is 1. The van der Waals surface area contributed by atoms with Gasteiger partial charge in [-0.25, -0.2) is 9.78 Å². The summed E-state index contributed by atoms with van der Waals surface area (Å²) in [5.41, 5.74) is 2.43. The highest BCUT2D eigenvalue weighted by atomic mass is 16.5. The number of aromatic nitrogens is 2. The minimum absolute atomic E-state index is 0.325. The number of fused-ring (bicyclic) bond motifs is 1. The van der Waals surface area contributed by atoms with Crippen LogP contribution in [0.25, 0.3) is 5.65 Å². The van der Waals surface area contributed by atoms with E-state index in [-0.39, 0.29) is 5.97 Å². The van der Waals surface area contributed by atoms with Crippen LogP contribution < -0.4 is 0 Å². The highest BCUT2D eigenvalue weighted by Gasteiger charge is 2.20. The highest BCUT2D eigenvalue weighted by molar-refractivity contribution is 5.90. The van der Waals surface area contributed by atoms with E-state index in [9.17, 15) is 4.79 Å². The van der Waals surface area contributed by atoms with Gasteiger partial charge in [0.15, 0.2) is 0 Å². The first-order valence-electron chi connectivity index (χ1n) is 6.90. The van der Waals surface area contributed by atoms with E-state index < -0.39 is 0 Å². The van der Waals surface area contributed by atoms with Crippen molar-refractivity contribution in [3.8, 4) is 0 Å². The summed E-state index contributed by atoms with van der Waals surface area (Å²) in [7, 11) is 3.55. The summed E-state index contributed by atoms with van der Waals surface area (Å²) >= 11 is 0. The van der Waals surface area contributed by atoms with Gasteiger partial charge in [-0.1, -0.05) is 0 Å². The van der Waals surface area contributed by atoms with Gasteiger partial charge in [-0.15, -0.1) is 0 Å². The molecule has 2 aromatic rings. The van der Waals surface area contributed by atoms with E-state index in [1.807, 2.05) is 10.6 Å². The fraction of sp³-hybridized carbons (Fsp3) is 0.467. The normalized spacial score (nSPS) is 19.6. The van der Waals surface area contributed by atoms with Gasteiger partial charge in [-0.2, -0.15) is 0 Å². The second-order valence-corrected chi connectivity index (χ2v) is 5.53. The summed E-state index contributed by atoms with van der Waals surface area (Å²) < 4.78 is 6.69. The summed E-state index contributed by atoms with van der Waals surface area (Å²) in [4.78, 5) is 18.5. The Kier molecular flexibility index (Phi) is 3.44. The van der Waals surface area contributed by atoms with Crippen LogP contribution in [0.2, 0.25) is 0 Å². The molecule has 0 spiro atoms. The second-order valence-electron chi connectivity index (χ2n) is 5.53. The van der Waals surface area contributed by atoms with E-state index in [1.54, 1.807) is 12.1 Å². The fourth-order valence-electron chi connectivity index (χ4n) is 2.87. The number of likely N-dealkylation sites (tertiary alicyclic amines) is 1. The van der Waals surface area contributed by atoms with E-state index >= 15 is 0 Å². The first-order chi connectivity index (χ1) is 9.65. The number of ether oxygens (including phenoxy) is 1. The molecule has 0 aliphatic carbocycles. The molecule has 5 nitrogen and oxygen atoms in total.